The Hall–Kier alpha value is -1.65. The number of carboxylic acid groups (broad SMARTS) is 1. The minimum atomic E-state index is -1.19. The second-order valence-corrected chi connectivity index (χ2v) is 3.75. The molecule has 1 N–H and O–H groups in total. The molecule has 0 spiro atoms. The Morgan fingerprint density at radius 1 is 1.33 bits per heavy atom. The lowest BCUT2D eigenvalue weighted by Gasteiger charge is -2.13. The van der Waals surface area contributed by atoms with Gasteiger partial charge >= 0.3 is 5.97 Å². The molecule has 1 rings (SSSR count). The van der Waals surface area contributed by atoms with Gasteiger partial charge in [0.2, 0.25) is 11.8 Å². The Kier molecular flexibility index (Phi) is 2.93. The summed E-state index contributed by atoms with van der Waals surface area (Å²) < 4.78 is 0. The van der Waals surface area contributed by atoms with Crippen molar-refractivity contribution in [2.24, 2.45) is 11.8 Å². The molecule has 82 valence electrons. The van der Waals surface area contributed by atoms with Crippen LogP contribution in [0.1, 0.15) is 13.8 Å². The first-order valence-corrected chi connectivity index (χ1v) is 4.62. The molecule has 0 aromatic heterocycles. The van der Waals surface area contributed by atoms with Crippen LogP contribution in [0.4, 0.5) is 0 Å². The summed E-state index contributed by atoms with van der Waals surface area (Å²) >= 11 is 0. The van der Waals surface area contributed by atoms with Gasteiger partial charge in [-0.15, -0.1) is 0 Å². The molecule has 0 aromatic rings. The van der Waals surface area contributed by atoms with Crippen molar-refractivity contribution in [3.63, 3.8) is 0 Å². The average molecular weight is 211 g/mol. The zero-order chi connectivity index (χ0) is 11.7. The second kappa shape index (κ2) is 3.84. The van der Waals surface area contributed by atoms with Gasteiger partial charge in [0, 0.05) is 17.4 Å². The SMILES string of the molecule is C=C(CN1C(=O)C(C)C(C)C1=O)C(=O)O. The van der Waals surface area contributed by atoms with Gasteiger partial charge in [-0.3, -0.25) is 14.5 Å². The number of likely N-dealkylation sites (tertiary alicyclic amines) is 1. The fourth-order valence-electron chi connectivity index (χ4n) is 1.44. The summed E-state index contributed by atoms with van der Waals surface area (Å²) in [4.78, 5) is 34.6. The lowest BCUT2D eigenvalue weighted by atomic mass is 10.00. The summed E-state index contributed by atoms with van der Waals surface area (Å²) in [6.45, 7) is 6.39. The molecule has 1 aliphatic heterocycles. The van der Waals surface area contributed by atoms with Crippen molar-refractivity contribution in [1.29, 1.82) is 0 Å². The highest BCUT2D eigenvalue weighted by molar-refractivity contribution is 6.05. The fraction of sp³-hybridized carbons (Fsp3) is 0.500. The van der Waals surface area contributed by atoms with Crippen molar-refractivity contribution in [1.82, 2.24) is 4.90 Å². The molecule has 0 aromatic carbocycles. The summed E-state index contributed by atoms with van der Waals surface area (Å²) in [5.74, 6) is -2.59. The molecular formula is C10H13NO4. The monoisotopic (exact) mass is 211 g/mol. The van der Waals surface area contributed by atoms with Crippen LogP contribution in [-0.2, 0) is 14.4 Å². The molecule has 0 aliphatic carbocycles. The molecule has 2 unspecified atom stereocenters. The van der Waals surface area contributed by atoms with Crippen LogP contribution in [0, 0.1) is 11.8 Å². The molecule has 2 amide bonds. The number of nitrogens with zero attached hydrogens (tertiary/aromatic N) is 1. The molecule has 5 nitrogen and oxygen atoms in total. The molecule has 1 aliphatic rings. The molecule has 1 fully saturated rings. The topological polar surface area (TPSA) is 74.7 Å². The molecule has 0 bridgehead atoms. The van der Waals surface area contributed by atoms with Gasteiger partial charge in [-0.2, -0.15) is 0 Å². The van der Waals surface area contributed by atoms with Gasteiger partial charge in [-0.25, -0.2) is 4.79 Å². The Bertz CT molecular complexity index is 327. The van der Waals surface area contributed by atoms with E-state index >= 15 is 0 Å². The minimum Gasteiger partial charge on any atom is -0.478 e. The van der Waals surface area contributed by atoms with Crippen molar-refractivity contribution in [3.05, 3.63) is 12.2 Å². The van der Waals surface area contributed by atoms with Gasteiger partial charge in [0.1, 0.15) is 0 Å². The van der Waals surface area contributed by atoms with Gasteiger partial charge in [0.15, 0.2) is 0 Å². The lowest BCUT2D eigenvalue weighted by Crippen LogP contribution is -2.33. The zero-order valence-electron chi connectivity index (χ0n) is 8.69. The first kappa shape index (κ1) is 11.4. The van der Waals surface area contributed by atoms with Crippen LogP contribution in [0.3, 0.4) is 0 Å². The number of amides is 2. The van der Waals surface area contributed by atoms with E-state index in [9.17, 15) is 14.4 Å². The molecular weight excluding hydrogens is 198 g/mol. The van der Waals surface area contributed by atoms with Gasteiger partial charge in [0.25, 0.3) is 0 Å². The molecule has 2 atom stereocenters. The molecule has 1 heterocycles. The van der Waals surface area contributed by atoms with E-state index in [1.54, 1.807) is 13.8 Å². The molecule has 0 radical (unpaired) electrons. The highest BCUT2D eigenvalue weighted by atomic mass is 16.4. The standard InChI is InChI=1S/C10H13NO4/c1-5(10(14)15)4-11-8(12)6(2)7(3)9(11)13/h6-7H,1,4H2,2-3H3,(H,14,15). The van der Waals surface area contributed by atoms with Crippen LogP contribution in [0.2, 0.25) is 0 Å². The van der Waals surface area contributed by atoms with E-state index in [0.717, 1.165) is 4.90 Å². The molecule has 15 heavy (non-hydrogen) atoms. The van der Waals surface area contributed by atoms with Crippen LogP contribution in [0.5, 0.6) is 0 Å². The third-order valence-corrected chi connectivity index (χ3v) is 2.71. The Morgan fingerprint density at radius 3 is 2.07 bits per heavy atom. The summed E-state index contributed by atoms with van der Waals surface area (Å²) in [6.07, 6.45) is 0. The maximum atomic E-state index is 11.6. The van der Waals surface area contributed by atoms with Gasteiger partial charge in [0.05, 0.1) is 6.54 Å². The van der Waals surface area contributed by atoms with Crippen molar-refractivity contribution in [2.45, 2.75) is 13.8 Å². The van der Waals surface area contributed by atoms with E-state index in [4.69, 9.17) is 5.11 Å². The van der Waals surface area contributed by atoms with E-state index in [0.29, 0.717) is 0 Å². The molecule has 1 saturated heterocycles. The number of carbonyl (C=O) groups is 3. The van der Waals surface area contributed by atoms with Gasteiger partial charge in [-0.1, -0.05) is 20.4 Å². The predicted octanol–water partition coefficient (Wildman–Crippen LogP) is 0.268. The highest BCUT2D eigenvalue weighted by Gasteiger charge is 2.42. The zero-order valence-corrected chi connectivity index (χ0v) is 8.69. The number of carboxylic acids is 1. The van der Waals surface area contributed by atoms with E-state index in [-0.39, 0.29) is 35.8 Å². The first-order valence-electron chi connectivity index (χ1n) is 4.62. The smallest absolute Gasteiger partial charge is 0.332 e. The predicted molar refractivity (Wildman–Crippen MR) is 51.8 cm³/mol. The van der Waals surface area contributed by atoms with Crippen LogP contribution >= 0.6 is 0 Å². The summed E-state index contributed by atoms with van der Waals surface area (Å²) in [6, 6.07) is 0. The van der Waals surface area contributed by atoms with Gasteiger partial charge < -0.3 is 5.11 Å². The Morgan fingerprint density at radius 2 is 1.73 bits per heavy atom. The van der Waals surface area contributed by atoms with Crippen molar-refractivity contribution in [2.75, 3.05) is 6.54 Å². The van der Waals surface area contributed by atoms with Crippen molar-refractivity contribution >= 4 is 17.8 Å². The number of imide groups is 1. The number of carbonyl (C=O) groups excluding carboxylic acids is 2. The van der Waals surface area contributed by atoms with E-state index in [1.165, 1.54) is 0 Å². The number of aliphatic carboxylic acids is 1. The molecule has 0 saturated carbocycles. The van der Waals surface area contributed by atoms with Crippen LogP contribution in [0.15, 0.2) is 12.2 Å². The van der Waals surface area contributed by atoms with E-state index in [2.05, 4.69) is 6.58 Å². The number of hydrogen-bond donors (Lipinski definition) is 1. The lowest BCUT2D eigenvalue weighted by molar-refractivity contribution is -0.139. The highest BCUT2D eigenvalue weighted by Crippen LogP contribution is 2.25. The fourth-order valence-corrected chi connectivity index (χ4v) is 1.44. The van der Waals surface area contributed by atoms with E-state index in [1.807, 2.05) is 0 Å². The van der Waals surface area contributed by atoms with Crippen molar-refractivity contribution in [3.8, 4) is 0 Å². The second-order valence-electron chi connectivity index (χ2n) is 3.75. The van der Waals surface area contributed by atoms with Crippen LogP contribution in [0.25, 0.3) is 0 Å². The third-order valence-electron chi connectivity index (χ3n) is 2.71. The number of hydrogen-bond acceptors (Lipinski definition) is 3. The van der Waals surface area contributed by atoms with Crippen LogP contribution in [-0.4, -0.2) is 34.3 Å². The number of rotatable bonds is 3. The minimum absolute atomic E-state index is 0.155. The Balaban J connectivity index is 2.80. The quantitative estimate of drug-likeness (QED) is 0.537. The summed E-state index contributed by atoms with van der Waals surface area (Å²) in [5.41, 5.74) is -0.155. The van der Waals surface area contributed by atoms with Crippen LogP contribution < -0.4 is 0 Å². The Labute approximate surface area is 87.4 Å². The van der Waals surface area contributed by atoms with E-state index < -0.39 is 5.97 Å². The summed E-state index contributed by atoms with van der Waals surface area (Å²) in [7, 11) is 0. The molecule has 5 heteroatoms. The average Bonchev–Trinajstić information content (AvgIpc) is 2.35. The van der Waals surface area contributed by atoms with Gasteiger partial charge in [-0.05, 0) is 0 Å². The first-order chi connectivity index (χ1) is 6.86. The maximum Gasteiger partial charge on any atom is 0.332 e. The third kappa shape index (κ3) is 1.91. The van der Waals surface area contributed by atoms with Crippen molar-refractivity contribution < 1.29 is 19.5 Å². The largest absolute Gasteiger partial charge is 0.478 e. The maximum absolute atomic E-state index is 11.6. The normalized spacial score (nSPS) is 25.9. The summed E-state index contributed by atoms with van der Waals surface area (Å²) in [5, 5.41) is 8.60.